The molecule has 2 nitrogen and oxygen atoms in total. The molecule has 18 heavy (non-hydrogen) atoms. The summed E-state index contributed by atoms with van der Waals surface area (Å²) in [7, 11) is 0. The average Bonchev–Trinajstić information content (AvgIpc) is 2.42. The maximum Gasteiger partial charge on any atom is 0.137 e. The molecule has 2 rings (SSSR count). The number of ether oxygens (including phenoxy) is 1. The molecule has 0 saturated heterocycles. The molecule has 0 spiro atoms. The Morgan fingerprint density at radius 2 is 1.39 bits per heavy atom. The zero-order valence-corrected chi connectivity index (χ0v) is 11.0. The van der Waals surface area contributed by atoms with Gasteiger partial charge in [-0.1, -0.05) is 62.4 Å². The Bertz CT molecular complexity index is 412. The molecular formula is C16H21NO. The molecule has 0 aliphatic heterocycles. The van der Waals surface area contributed by atoms with Crippen LogP contribution < -0.4 is 10.5 Å². The highest BCUT2D eigenvalue weighted by Gasteiger charge is 1.93. The van der Waals surface area contributed by atoms with Crippen LogP contribution in [0.5, 0.6) is 5.75 Å². The molecule has 2 N–H and O–H groups in total. The smallest absolute Gasteiger partial charge is 0.137 e. The molecule has 0 heterocycles. The van der Waals surface area contributed by atoms with E-state index in [0.717, 1.165) is 5.75 Å². The van der Waals surface area contributed by atoms with Crippen molar-refractivity contribution >= 4 is 0 Å². The van der Waals surface area contributed by atoms with E-state index in [1.807, 2.05) is 36.4 Å². The summed E-state index contributed by atoms with van der Waals surface area (Å²) >= 11 is 0. The van der Waals surface area contributed by atoms with Gasteiger partial charge in [0.25, 0.3) is 0 Å². The third-order valence-corrected chi connectivity index (χ3v) is 2.46. The molecular weight excluding hydrogens is 222 g/mol. The van der Waals surface area contributed by atoms with E-state index < -0.39 is 0 Å². The Labute approximate surface area is 109 Å². The number of hydrogen-bond acceptors (Lipinski definition) is 2. The van der Waals surface area contributed by atoms with E-state index in [-0.39, 0.29) is 6.73 Å². The van der Waals surface area contributed by atoms with Gasteiger partial charge in [0.05, 0.1) is 0 Å². The van der Waals surface area contributed by atoms with Crippen molar-refractivity contribution in [2.75, 3.05) is 6.73 Å². The minimum absolute atomic E-state index is 0.240. The van der Waals surface area contributed by atoms with Gasteiger partial charge in [0.2, 0.25) is 0 Å². The van der Waals surface area contributed by atoms with Gasteiger partial charge in [0.1, 0.15) is 12.5 Å². The van der Waals surface area contributed by atoms with Crippen LogP contribution in [0, 0.1) is 0 Å². The van der Waals surface area contributed by atoms with Crippen LogP contribution in [0.25, 0.3) is 0 Å². The van der Waals surface area contributed by atoms with Gasteiger partial charge in [-0.2, -0.15) is 0 Å². The first-order valence-electron chi connectivity index (χ1n) is 6.17. The Balaban J connectivity index is 0.000000180. The van der Waals surface area contributed by atoms with Crippen LogP contribution >= 0.6 is 0 Å². The Kier molecular flexibility index (Phi) is 6.59. The van der Waals surface area contributed by atoms with Crippen molar-refractivity contribution in [1.82, 2.24) is 0 Å². The van der Waals surface area contributed by atoms with Crippen molar-refractivity contribution in [3.8, 4) is 5.75 Å². The highest BCUT2D eigenvalue weighted by atomic mass is 16.5. The van der Waals surface area contributed by atoms with Gasteiger partial charge in [-0.05, 0) is 23.6 Å². The van der Waals surface area contributed by atoms with Crippen molar-refractivity contribution in [2.45, 2.75) is 19.8 Å². The van der Waals surface area contributed by atoms with Crippen molar-refractivity contribution in [1.29, 1.82) is 0 Å². The van der Waals surface area contributed by atoms with E-state index in [1.54, 1.807) is 0 Å². The lowest BCUT2D eigenvalue weighted by Gasteiger charge is -2.01. The maximum atomic E-state index is 5.14. The Morgan fingerprint density at radius 3 is 1.78 bits per heavy atom. The Hall–Kier alpha value is -1.80. The average molecular weight is 243 g/mol. The Morgan fingerprint density at radius 1 is 0.889 bits per heavy atom. The lowest BCUT2D eigenvalue weighted by molar-refractivity contribution is 0.329. The summed E-state index contributed by atoms with van der Waals surface area (Å²) < 4.78 is 4.98. The molecule has 0 aliphatic rings. The summed E-state index contributed by atoms with van der Waals surface area (Å²) in [4.78, 5) is 0. The third-order valence-electron chi connectivity index (χ3n) is 2.46. The van der Waals surface area contributed by atoms with Crippen molar-refractivity contribution in [3.63, 3.8) is 0 Å². The third kappa shape index (κ3) is 5.51. The largest absolute Gasteiger partial charge is 0.479 e. The summed E-state index contributed by atoms with van der Waals surface area (Å²) in [5, 5.41) is 0. The van der Waals surface area contributed by atoms with Gasteiger partial charge in [-0.25, -0.2) is 0 Å². The number of hydrogen-bond donors (Lipinski definition) is 1. The van der Waals surface area contributed by atoms with Crippen LogP contribution in [0.2, 0.25) is 0 Å². The zero-order chi connectivity index (χ0) is 13.2. The fourth-order valence-electron chi connectivity index (χ4n) is 1.45. The molecule has 0 saturated carbocycles. The first kappa shape index (κ1) is 14.3. The normalized spacial score (nSPS) is 9.56. The molecule has 96 valence electrons. The molecule has 0 aliphatic carbocycles. The predicted octanol–water partition coefficient (Wildman–Crippen LogP) is 3.79. The van der Waals surface area contributed by atoms with Gasteiger partial charge in [0.15, 0.2) is 0 Å². The van der Waals surface area contributed by atoms with Crippen molar-refractivity contribution in [3.05, 3.63) is 66.2 Å². The van der Waals surface area contributed by atoms with E-state index in [2.05, 4.69) is 38.1 Å². The van der Waals surface area contributed by atoms with Crippen LogP contribution in [0.15, 0.2) is 60.7 Å². The summed E-state index contributed by atoms with van der Waals surface area (Å²) in [5.74, 6) is 1.48. The minimum Gasteiger partial charge on any atom is -0.479 e. The lowest BCUT2D eigenvalue weighted by Crippen LogP contribution is -2.06. The summed E-state index contributed by atoms with van der Waals surface area (Å²) in [6, 6.07) is 20.0. The van der Waals surface area contributed by atoms with Crippen LogP contribution in [0.1, 0.15) is 25.3 Å². The zero-order valence-electron chi connectivity index (χ0n) is 11.0. The topological polar surface area (TPSA) is 35.2 Å². The van der Waals surface area contributed by atoms with Crippen molar-refractivity contribution < 1.29 is 4.74 Å². The van der Waals surface area contributed by atoms with Gasteiger partial charge in [-0.15, -0.1) is 0 Å². The number of para-hydroxylation sites is 1. The molecule has 2 heteroatoms. The first-order valence-corrected chi connectivity index (χ1v) is 6.17. The highest BCUT2D eigenvalue weighted by molar-refractivity contribution is 5.20. The van der Waals surface area contributed by atoms with E-state index in [9.17, 15) is 0 Å². The van der Waals surface area contributed by atoms with E-state index in [1.165, 1.54) is 5.56 Å². The summed E-state index contributed by atoms with van der Waals surface area (Å²) in [6.45, 7) is 4.65. The molecule has 0 amide bonds. The number of benzene rings is 2. The van der Waals surface area contributed by atoms with Gasteiger partial charge in [0, 0.05) is 0 Å². The monoisotopic (exact) mass is 243 g/mol. The maximum absolute atomic E-state index is 5.14. The van der Waals surface area contributed by atoms with Gasteiger partial charge in [-0.3, -0.25) is 5.73 Å². The van der Waals surface area contributed by atoms with E-state index in [0.29, 0.717) is 5.92 Å². The van der Waals surface area contributed by atoms with Gasteiger partial charge >= 0.3 is 0 Å². The fraction of sp³-hybridized carbons (Fsp3) is 0.250. The molecule has 2 aromatic carbocycles. The summed E-state index contributed by atoms with van der Waals surface area (Å²) in [6.07, 6.45) is 0. The molecule has 2 aromatic rings. The van der Waals surface area contributed by atoms with E-state index in [4.69, 9.17) is 10.5 Å². The van der Waals surface area contributed by atoms with Crippen LogP contribution in [-0.2, 0) is 0 Å². The molecule has 0 aromatic heterocycles. The second-order valence-corrected chi connectivity index (χ2v) is 4.19. The number of rotatable bonds is 3. The predicted molar refractivity (Wildman–Crippen MR) is 76.7 cm³/mol. The van der Waals surface area contributed by atoms with Crippen molar-refractivity contribution in [2.24, 2.45) is 5.73 Å². The molecule has 0 unspecified atom stereocenters. The lowest BCUT2D eigenvalue weighted by atomic mass is 10.0. The van der Waals surface area contributed by atoms with Gasteiger partial charge < -0.3 is 4.74 Å². The summed E-state index contributed by atoms with van der Waals surface area (Å²) in [5.41, 5.74) is 6.55. The second kappa shape index (κ2) is 8.31. The van der Waals surface area contributed by atoms with Crippen LogP contribution in [-0.4, -0.2) is 6.73 Å². The second-order valence-electron chi connectivity index (χ2n) is 4.19. The minimum atomic E-state index is 0.240. The van der Waals surface area contributed by atoms with Crippen LogP contribution in [0.3, 0.4) is 0 Å². The van der Waals surface area contributed by atoms with E-state index >= 15 is 0 Å². The highest BCUT2D eigenvalue weighted by Crippen LogP contribution is 2.11. The molecule has 0 radical (unpaired) electrons. The molecule has 0 bridgehead atoms. The quantitative estimate of drug-likeness (QED) is 0.832. The molecule has 0 fully saturated rings. The number of nitrogens with two attached hydrogens (primary N) is 1. The standard InChI is InChI=1S/C9H12.C7H9NO/c1-8(2)9-6-4-3-5-7-9;8-6-9-7-4-2-1-3-5-7/h3-8H,1-2H3;1-5H,6,8H2. The fourth-order valence-corrected chi connectivity index (χ4v) is 1.45. The first-order chi connectivity index (χ1) is 8.74. The molecule has 0 atom stereocenters. The SMILES string of the molecule is CC(C)c1ccccc1.NCOc1ccccc1. The van der Waals surface area contributed by atoms with Crippen LogP contribution in [0.4, 0.5) is 0 Å².